The zero-order valence-electron chi connectivity index (χ0n) is 17.7. The summed E-state index contributed by atoms with van der Waals surface area (Å²) in [4.78, 5) is 0. The predicted octanol–water partition coefficient (Wildman–Crippen LogP) is 5.49. The molecule has 26 heavy (non-hydrogen) atoms. The summed E-state index contributed by atoms with van der Waals surface area (Å²) >= 11 is 1.21. The summed E-state index contributed by atoms with van der Waals surface area (Å²) in [6.45, 7) is 12.9. The van der Waals surface area contributed by atoms with E-state index in [-0.39, 0.29) is 0 Å². The Kier molecular flexibility index (Phi) is 16.8. The van der Waals surface area contributed by atoms with Crippen LogP contribution in [0.4, 0.5) is 0 Å². The molecule has 0 aliphatic rings. The molecule has 0 aliphatic heterocycles. The summed E-state index contributed by atoms with van der Waals surface area (Å²) in [6.07, 6.45) is 8.63. The molecule has 0 radical (unpaired) electrons. The Morgan fingerprint density at radius 3 is 1.19 bits per heavy atom. The van der Waals surface area contributed by atoms with Crippen LogP contribution in [0.25, 0.3) is 0 Å². The van der Waals surface area contributed by atoms with Crippen LogP contribution in [0.2, 0.25) is 0 Å². The summed E-state index contributed by atoms with van der Waals surface area (Å²) in [6, 6.07) is 0. The summed E-state index contributed by atoms with van der Waals surface area (Å²) in [5, 5.41) is 0. The van der Waals surface area contributed by atoms with Crippen LogP contribution < -0.4 is 0 Å². The second-order valence-corrected chi connectivity index (χ2v) is 7.01. The van der Waals surface area contributed by atoms with E-state index in [1.165, 1.54) is 21.5 Å². The van der Waals surface area contributed by atoms with Crippen molar-refractivity contribution in [3.63, 3.8) is 0 Å². The number of unbranched alkanes of at least 4 members (excludes halogenated alkanes) is 4. The van der Waals surface area contributed by atoms with Crippen LogP contribution in [0, 0.1) is 0 Å². The number of hydrogen-bond donors (Lipinski definition) is 0. The van der Waals surface area contributed by atoms with Gasteiger partial charge in [-0.25, -0.2) is 0 Å². The molecule has 0 heterocycles. The monoisotopic (exact) mass is 454 g/mol. The summed E-state index contributed by atoms with van der Waals surface area (Å²) in [7, 11) is 0. The third-order valence-corrected chi connectivity index (χ3v) is 4.89. The van der Waals surface area contributed by atoms with Crippen LogP contribution in [0.3, 0.4) is 0 Å². The fraction of sp³-hybridized carbons (Fsp3) is 1.00. The van der Waals surface area contributed by atoms with Gasteiger partial charge in [0.1, 0.15) is 0 Å². The molecule has 0 bridgehead atoms. The van der Waals surface area contributed by atoms with Gasteiger partial charge in [0.2, 0.25) is 0 Å². The first-order valence-corrected chi connectivity index (χ1v) is 11.4. The molecule has 0 fully saturated rings. The van der Waals surface area contributed by atoms with Crippen molar-refractivity contribution in [3.8, 4) is 0 Å². The zero-order chi connectivity index (χ0) is 19.7. The van der Waals surface area contributed by atoms with Gasteiger partial charge in [-0.1, -0.05) is 0 Å². The number of hydrogen-bond acceptors (Lipinski definition) is 5. The molecule has 0 saturated carbocycles. The average Bonchev–Trinajstić information content (AvgIpc) is 2.66. The van der Waals surface area contributed by atoms with Crippen molar-refractivity contribution in [2.45, 2.75) is 104 Å². The van der Waals surface area contributed by atoms with E-state index in [1.54, 1.807) is 0 Å². The van der Waals surface area contributed by atoms with Gasteiger partial charge in [-0.3, -0.25) is 0 Å². The summed E-state index contributed by atoms with van der Waals surface area (Å²) in [5.41, 5.74) is 0. The number of ether oxygens (including phenoxy) is 4. The molecule has 0 spiro atoms. The van der Waals surface area contributed by atoms with Crippen molar-refractivity contribution in [3.05, 3.63) is 0 Å². The van der Waals surface area contributed by atoms with E-state index in [0.717, 1.165) is 51.4 Å². The first-order valence-electron chi connectivity index (χ1n) is 10.5. The van der Waals surface area contributed by atoms with Gasteiger partial charge < -0.3 is 0 Å². The summed E-state index contributed by atoms with van der Waals surface area (Å²) in [5.74, 6) is -2.37. The molecule has 0 atom stereocenters. The molecule has 156 valence electrons. The molecule has 0 aromatic carbocycles. The third-order valence-electron chi connectivity index (χ3n) is 4.30. The van der Waals surface area contributed by atoms with E-state index in [9.17, 15) is 0 Å². The quantitative estimate of drug-likeness (QED) is 0.147. The van der Waals surface area contributed by atoms with E-state index in [2.05, 4.69) is 27.7 Å². The third kappa shape index (κ3) is 8.70. The van der Waals surface area contributed by atoms with Gasteiger partial charge in [0.25, 0.3) is 0 Å². The van der Waals surface area contributed by atoms with Crippen LogP contribution >= 0.6 is 0 Å². The SMILES string of the molecule is CCCCOC(CC)(OCCCC)C([O][Nb])(OCCCC)OCCCC. The van der Waals surface area contributed by atoms with Crippen molar-refractivity contribution in [2.24, 2.45) is 0 Å². The first kappa shape index (κ1) is 26.5. The topological polar surface area (TPSA) is 46.2 Å². The van der Waals surface area contributed by atoms with E-state index in [0.29, 0.717) is 32.8 Å². The van der Waals surface area contributed by atoms with Crippen LogP contribution in [-0.4, -0.2) is 38.2 Å². The molecule has 0 unspecified atom stereocenters. The minimum atomic E-state index is -1.32. The van der Waals surface area contributed by atoms with Crippen molar-refractivity contribution in [2.75, 3.05) is 26.4 Å². The molecular weight excluding hydrogens is 413 g/mol. The molecule has 0 aromatic heterocycles. The van der Waals surface area contributed by atoms with Gasteiger partial charge >= 0.3 is 174 Å². The van der Waals surface area contributed by atoms with Gasteiger partial charge in [-0.05, 0) is 0 Å². The maximum absolute atomic E-state index is 6.29. The fourth-order valence-corrected chi connectivity index (χ4v) is 3.09. The van der Waals surface area contributed by atoms with Crippen molar-refractivity contribution in [1.29, 1.82) is 0 Å². The van der Waals surface area contributed by atoms with Crippen molar-refractivity contribution < 1.29 is 43.7 Å². The second kappa shape index (κ2) is 16.5. The van der Waals surface area contributed by atoms with Crippen LogP contribution in [0.15, 0.2) is 0 Å². The minimum absolute atomic E-state index is 0.556. The Hall–Kier alpha value is 0.540. The Balaban J connectivity index is 5.55. The van der Waals surface area contributed by atoms with Crippen LogP contribution in [-0.2, 0) is 43.7 Å². The zero-order valence-corrected chi connectivity index (χ0v) is 19.9. The fourth-order valence-electron chi connectivity index (χ4n) is 2.49. The maximum atomic E-state index is 6.29. The van der Waals surface area contributed by atoms with Gasteiger partial charge in [-0.15, -0.1) is 0 Å². The summed E-state index contributed by atoms with van der Waals surface area (Å²) < 4.78 is 30.9. The Bertz CT molecular complexity index is 265. The van der Waals surface area contributed by atoms with E-state index < -0.39 is 11.8 Å². The standard InChI is InChI=1S/C20H41O5.Nb/c1-6-11-15-22-19(10-5,23-16-12-7-2)20(21,24-17-13-8-3)25-18-14-9-4;/h6-18H2,1-5H3;/q-1;+1. The molecule has 6 heteroatoms. The van der Waals surface area contributed by atoms with E-state index >= 15 is 0 Å². The molecule has 0 saturated heterocycles. The second-order valence-electron chi connectivity index (χ2n) is 6.56. The molecule has 0 amide bonds. The molecule has 0 aromatic rings. The van der Waals surface area contributed by atoms with E-state index in [1.807, 2.05) is 6.92 Å². The molecule has 0 aliphatic carbocycles. The number of rotatable bonds is 19. The van der Waals surface area contributed by atoms with Gasteiger partial charge in [0.05, 0.1) is 0 Å². The first-order chi connectivity index (χ1) is 12.6. The molecule has 0 rings (SSSR count). The van der Waals surface area contributed by atoms with Crippen LogP contribution in [0.5, 0.6) is 0 Å². The molecular formula is C20H41NbO5. The average molecular weight is 454 g/mol. The van der Waals surface area contributed by atoms with Gasteiger partial charge in [-0.2, -0.15) is 0 Å². The predicted molar refractivity (Wildman–Crippen MR) is 100 cm³/mol. The van der Waals surface area contributed by atoms with E-state index in [4.69, 9.17) is 22.2 Å². The van der Waals surface area contributed by atoms with Crippen molar-refractivity contribution >= 4 is 0 Å². The van der Waals surface area contributed by atoms with Crippen LogP contribution in [0.1, 0.15) is 92.4 Å². The van der Waals surface area contributed by atoms with Gasteiger partial charge in [0, 0.05) is 0 Å². The normalized spacial score (nSPS) is 12.7. The molecule has 5 nitrogen and oxygen atoms in total. The molecule has 0 N–H and O–H groups in total. The van der Waals surface area contributed by atoms with Crippen molar-refractivity contribution in [1.82, 2.24) is 0 Å². The van der Waals surface area contributed by atoms with Gasteiger partial charge in [0.15, 0.2) is 0 Å². The Morgan fingerprint density at radius 2 is 0.923 bits per heavy atom. The Morgan fingerprint density at radius 1 is 0.577 bits per heavy atom. The Labute approximate surface area is 174 Å².